The zero-order valence-corrected chi connectivity index (χ0v) is 26.6. The van der Waals surface area contributed by atoms with Crippen molar-refractivity contribution in [2.45, 2.75) is 94.8 Å². The van der Waals surface area contributed by atoms with Crippen molar-refractivity contribution in [3.05, 3.63) is 68.2 Å². The summed E-state index contributed by atoms with van der Waals surface area (Å²) in [6.07, 6.45) is 16.9. The monoisotopic (exact) mass is 628 g/mol. The van der Waals surface area contributed by atoms with E-state index >= 15 is 0 Å². The van der Waals surface area contributed by atoms with Crippen molar-refractivity contribution in [3.8, 4) is 5.69 Å². The first-order chi connectivity index (χ1) is 20.6. The summed E-state index contributed by atoms with van der Waals surface area (Å²) >= 11 is 3.66. The third kappa shape index (κ3) is 4.54. The van der Waals surface area contributed by atoms with Crippen LogP contribution in [0.3, 0.4) is 0 Å². The fourth-order valence-corrected chi connectivity index (χ4v) is 10.2. The number of aromatic nitrogens is 2. The van der Waals surface area contributed by atoms with Gasteiger partial charge in [-0.1, -0.05) is 37.5 Å². The van der Waals surface area contributed by atoms with Crippen LogP contribution in [-0.2, 0) is 5.41 Å². The van der Waals surface area contributed by atoms with E-state index in [1.54, 1.807) is 0 Å². The number of fused-ring (bicyclic) bond motifs is 7. The second-order valence-electron chi connectivity index (χ2n) is 14.4. The molecule has 2 aliphatic carbocycles. The van der Waals surface area contributed by atoms with E-state index in [4.69, 9.17) is 4.98 Å². The lowest BCUT2D eigenvalue weighted by molar-refractivity contribution is 0.0817. The molecule has 0 radical (unpaired) electrons. The maximum Gasteiger partial charge on any atom is 0.281 e. The van der Waals surface area contributed by atoms with E-state index in [0.29, 0.717) is 16.7 Å². The minimum Gasteiger partial charge on any atom is -0.317 e. The van der Waals surface area contributed by atoms with Gasteiger partial charge in [0.1, 0.15) is 5.82 Å². The van der Waals surface area contributed by atoms with Crippen LogP contribution in [0.4, 0.5) is 0 Å². The fraction of sp³-hybridized carbons (Fsp3) is 0.611. The molecule has 2 saturated carbocycles. The Kier molecular flexibility index (Phi) is 7.11. The molecular formula is C36H45BrN4O. The summed E-state index contributed by atoms with van der Waals surface area (Å²) in [6, 6.07) is 13.5. The molecule has 2 aromatic carbocycles. The van der Waals surface area contributed by atoms with Gasteiger partial charge in [0.25, 0.3) is 5.56 Å². The minimum atomic E-state index is -0.127. The molecule has 1 N–H and O–H groups in total. The second-order valence-corrected chi connectivity index (χ2v) is 15.3. The Morgan fingerprint density at radius 1 is 0.905 bits per heavy atom. The van der Waals surface area contributed by atoms with Crippen LogP contribution in [0.25, 0.3) is 16.6 Å². The van der Waals surface area contributed by atoms with Gasteiger partial charge in [-0.3, -0.25) is 9.36 Å². The molecule has 2 spiro atoms. The zero-order chi connectivity index (χ0) is 28.3. The van der Waals surface area contributed by atoms with Gasteiger partial charge in [-0.15, -0.1) is 0 Å². The van der Waals surface area contributed by atoms with Crippen LogP contribution < -0.4 is 10.9 Å². The third-order valence-corrected chi connectivity index (χ3v) is 12.8. The van der Waals surface area contributed by atoms with Crippen molar-refractivity contribution < 1.29 is 0 Å². The first-order valence-corrected chi connectivity index (χ1v) is 17.6. The van der Waals surface area contributed by atoms with E-state index in [1.165, 1.54) is 120 Å². The molecule has 222 valence electrons. The van der Waals surface area contributed by atoms with Crippen LogP contribution in [0.2, 0.25) is 0 Å². The minimum absolute atomic E-state index is 0.0991. The molecular weight excluding hydrogens is 584 g/mol. The predicted octanol–water partition coefficient (Wildman–Crippen LogP) is 7.45. The van der Waals surface area contributed by atoms with Gasteiger partial charge >= 0.3 is 0 Å². The molecule has 3 aromatic rings. The molecule has 3 aliphatic heterocycles. The summed E-state index contributed by atoms with van der Waals surface area (Å²) < 4.78 is 3.20. The van der Waals surface area contributed by atoms with Crippen molar-refractivity contribution in [2.24, 2.45) is 11.3 Å². The van der Waals surface area contributed by atoms with Crippen LogP contribution in [0.1, 0.15) is 106 Å². The van der Waals surface area contributed by atoms with E-state index in [0.717, 1.165) is 34.6 Å². The number of hydrogen-bond acceptors (Lipinski definition) is 4. The van der Waals surface area contributed by atoms with Gasteiger partial charge < -0.3 is 10.2 Å². The number of halogens is 1. The lowest BCUT2D eigenvalue weighted by Gasteiger charge is -2.44. The maximum absolute atomic E-state index is 13.3. The molecule has 42 heavy (non-hydrogen) atoms. The van der Waals surface area contributed by atoms with Gasteiger partial charge in [0.05, 0.1) is 22.0 Å². The van der Waals surface area contributed by atoms with Gasteiger partial charge in [-0.25, -0.2) is 0 Å². The number of nitrogens with one attached hydrogen (secondary N) is 1. The molecule has 0 amide bonds. The molecule has 0 bridgehead atoms. The summed E-state index contributed by atoms with van der Waals surface area (Å²) in [5.74, 6) is 2.48. The SMILES string of the molecule is O=c1nc2n(c3cccc(Br)c13)-c1cc(C3CCN(CC4CCC5(CCNCC5)CC4)CC3)ccc1C21CCCCC1. The van der Waals surface area contributed by atoms with Crippen molar-refractivity contribution >= 4 is 26.8 Å². The summed E-state index contributed by atoms with van der Waals surface area (Å²) in [4.78, 5) is 21.0. The summed E-state index contributed by atoms with van der Waals surface area (Å²) in [5.41, 5.74) is 5.58. The van der Waals surface area contributed by atoms with Crippen LogP contribution in [0.5, 0.6) is 0 Å². The Hall–Kier alpha value is -2.02. The maximum atomic E-state index is 13.3. The van der Waals surface area contributed by atoms with Crippen molar-refractivity contribution in [2.75, 3.05) is 32.7 Å². The highest BCUT2D eigenvalue weighted by Crippen LogP contribution is 2.52. The molecule has 0 unspecified atom stereocenters. The van der Waals surface area contributed by atoms with E-state index in [2.05, 4.69) is 61.0 Å². The zero-order valence-electron chi connectivity index (χ0n) is 25.0. The van der Waals surface area contributed by atoms with Crippen molar-refractivity contribution in [1.29, 1.82) is 0 Å². The summed E-state index contributed by atoms with van der Waals surface area (Å²) in [6.45, 7) is 6.21. The third-order valence-electron chi connectivity index (χ3n) is 12.2. The molecule has 4 fully saturated rings. The molecule has 6 heteroatoms. The van der Waals surface area contributed by atoms with Crippen LogP contribution in [-0.4, -0.2) is 47.2 Å². The highest BCUT2D eigenvalue weighted by Gasteiger charge is 2.46. The largest absolute Gasteiger partial charge is 0.317 e. The van der Waals surface area contributed by atoms with Crippen LogP contribution >= 0.6 is 15.9 Å². The molecule has 1 aromatic heterocycles. The smallest absolute Gasteiger partial charge is 0.281 e. The van der Waals surface area contributed by atoms with E-state index < -0.39 is 0 Å². The highest BCUT2D eigenvalue weighted by atomic mass is 79.9. The number of hydrogen-bond donors (Lipinski definition) is 1. The molecule has 5 aliphatic rings. The average molecular weight is 630 g/mol. The summed E-state index contributed by atoms with van der Waals surface area (Å²) in [5, 5.41) is 4.27. The van der Waals surface area contributed by atoms with Crippen molar-refractivity contribution in [1.82, 2.24) is 19.8 Å². The number of piperidine rings is 2. The van der Waals surface area contributed by atoms with E-state index in [1.807, 2.05) is 6.07 Å². The van der Waals surface area contributed by atoms with Crippen LogP contribution in [0, 0.1) is 11.3 Å². The molecule has 4 heterocycles. The van der Waals surface area contributed by atoms with Gasteiger partial charge in [-0.2, -0.15) is 4.98 Å². The number of rotatable bonds is 3. The van der Waals surface area contributed by atoms with Gasteiger partial charge in [0, 0.05) is 11.0 Å². The number of benzene rings is 2. The Bertz CT molecular complexity index is 1530. The summed E-state index contributed by atoms with van der Waals surface area (Å²) in [7, 11) is 0. The Morgan fingerprint density at radius 2 is 1.67 bits per heavy atom. The Morgan fingerprint density at radius 3 is 2.43 bits per heavy atom. The van der Waals surface area contributed by atoms with Gasteiger partial charge in [-0.05, 0) is 153 Å². The van der Waals surface area contributed by atoms with E-state index in [-0.39, 0.29) is 11.0 Å². The van der Waals surface area contributed by atoms with Gasteiger partial charge in [0.15, 0.2) is 0 Å². The molecule has 5 nitrogen and oxygen atoms in total. The van der Waals surface area contributed by atoms with E-state index in [9.17, 15) is 4.79 Å². The lowest BCUT2D eigenvalue weighted by Crippen LogP contribution is -2.42. The Balaban J connectivity index is 1.03. The first kappa shape index (κ1) is 27.5. The second kappa shape index (κ2) is 10.9. The van der Waals surface area contributed by atoms with Gasteiger partial charge in [0.2, 0.25) is 0 Å². The van der Waals surface area contributed by atoms with Crippen molar-refractivity contribution in [3.63, 3.8) is 0 Å². The quantitative estimate of drug-likeness (QED) is 0.327. The molecule has 8 rings (SSSR count). The highest BCUT2D eigenvalue weighted by molar-refractivity contribution is 9.10. The Labute approximate surface area is 258 Å². The number of nitrogens with zero attached hydrogens (tertiary/aromatic N) is 3. The first-order valence-electron chi connectivity index (χ1n) is 16.9. The fourth-order valence-electron chi connectivity index (χ4n) is 9.70. The average Bonchev–Trinajstić information content (AvgIpc) is 3.27. The predicted molar refractivity (Wildman–Crippen MR) is 174 cm³/mol. The molecule has 2 saturated heterocycles. The molecule has 0 atom stereocenters. The standard InChI is InChI=1S/C36H45BrN4O/c37-29-5-4-6-30-32(29)33(42)39-34-36(13-2-1-3-14-36)28-8-7-27(23-31(28)41(30)34)26-11-21-40(22-12-26)24-25-9-15-35(16-10-25)17-19-38-20-18-35/h4-8,23,25-26,38H,1-3,9-22,24H2. The lowest BCUT2D eigenvalue weighted by atomic mass is 9.65. The number of likely N-dealkylation sites (tertiary alicyclic amines) is 1. The van der Waals surface area contributed by atoms with Crippen LogP contribution in [0.15, 0.2) is 45.7 Å². The normalized spacial score (nSPS) is 24.3. The topological polar surface area (TPSA) is 50.2 Å².